The molecule has 0 spiro atoms. The first-order valence-electron chi connectivity index (χ1n) is 5.03. The molecule has 7 nitrogen and oxygen atoms in total. The molecule has 1 rings (SSSR count). The van der Waals surface area contributed by atoms with Gasteiger partial charge in [0.2, 0.25) is 11.8 Å². The van der Waals surface area contributed by atoms with Crippen molar-refractivity contribution in [1.82, 2.24) is 20.9 Å². The summed E-state index contributed by atoms with van der Waals surface area (Å²) in [6.07, 6.45) is 0.167. The summed E-state index contributed by atoms with van der Waals surface area (Å²) < 4.78 is 0. The Morgan fingerprint density at radius 1 is 1.44 bits per heavy atom. The van der Waals surface area contributed by atoms with Gasteiger partial charge in [0.1, 0.15) is 0 Å². The number of imide groups is 1. The van der Waals surface area contributed by atoms with Crippen molar-refractivity contribution in [2.24, 2.45) is 0 Å². The molecular formula is C9H16N4O3. The van der Waals surface area contributed by atoms with Crippen LogP contribution in [-0.4, -0.2) is 56.0 Å². The Kier molecular flexibility index (Phi) is 4.24. The zero-order valence-corrected chi connectivity index (χ0v) is 9.37. The van der Waals surface area contributed by atoms with Crippen molar-refractivity contribution in [2.45, 2.75) is 12.5 Å². The molecule has 1 aliphatic rings. The Hall–Kier alpha value is -1.63. The van der Waals surface area contributed by atoms with Gasteiger partial charge in [0.15, 0.2) is 0 Å². The van der Waals surface area contributed by atoms with Gasteiger partial charge in [-0.1, -0.05) is 0 Å². The van der Waals surface area contributed by atoms with Gasteiger partial charge in [0.25, 0.3) is 0 Å². The van der Waals surface area contributed by atoms with E-state index >= 15 is 0 Å². The van der Waals surface area contributed by atoms with Crippen LogP contribution in [0.2, 0.25) is 0 Å². The minimum atomic E-state index is -0.469. The fourth-order valence-electron chi connectivity index (χ4n) is 1.29. The SMILES string of the molecule is CN(C)C(=O)NCCNC1CC(=O)NC1=O. The molecule has 16 heavy (non-hydrogen) atoms. The zero-order chi connectivity index (χ0) is 12.1. The number of amides is 4. The molecule has 4 amide bonds. The molecule has 1 atom stereocenters. The molecule has 3 N–H and O–H groups in total. The molecule has 90 valence electrons. The summed E-state index contributed by atoms with van der Waals surface area (Å²) in [6.45, 7) is 0.861. The van der Waals surface area contributed by atoms with E-state index in [0.29, 0.717) is 13.1 Å². The minimum absolute atomic E-state index is 0.167. The van der Waals surface area contributed by atoms with Crippen molar-refractivity contribution >= 4 is 17.8 Å². The van der Waals surface area contributed by atoms with Crippen molar-refractivity contribution in [2.75, 3.05) is 27.2 Å². The van der Waals surface area contributed by atoms with Crippen LogP contribution >= 0.6 is 0 Å². The van der Waals surface area contributed by atoms with Gasteiger partial charge in [-0.05, 0) is 0 Å². The number of urea groups is 1. The fourth-order valence-corrected chi connectivity index (χ4v) is 1.29. The first-order chi connectivity index (χ1) is 7.50. The lowest BCUT2D eigenvalue weighted by Gasteiger charge is -2.13. The van der Waals surface area contributed by atoms with Crippen molar-refractivity contribution in [3.8, 4) is 0 Å². The predicted octanol–water partition coefficient (Wildman–Crippen LogP) is -1.74. The van der Waals surface area contributed by atoms with E-state index < -0.39 is 6.04 Å². The van der Waals surface area contributed by atoms with Crippen LogP contribution in [0.4, 0.5) is 4.79 Å². The Morgan fingerprint density at radius 3 is 2.62 bits per heavy atom. The van der Waals surface area contributed by atoms with Crippen molar-refractivity contribution in [1.29, 1.82) is 0 Å². The Morgan fingerprint density at radius 2 is 2.12 bits per heavy atom. The van der Waals surface area contributed by atoms with Crippen molar-refractivity contribution in [3.05, 3.63) is 0 Å². The van der Waals surface area contributed by atoms with E-state index in [9.17, 15) is 14.4 Å². The van der Waals surface area contributed by atoms with Gasteiger partial charge in [-0.15, -0.1) is 0 Å². The summed E-state index contributed by atoms with van der Waals surface area (Å²) in [4.78, 5) is 34.5. The zero-order valence-electron chi connectivity index (χ0n) is 9.37. The smallest absolute Gasteiger partial charge is 0.316 e. The first kappa shape index (κ1) is 12.4. The standard InChI is InChI=1S/C9H16N4O3/c1-13(2)9(16)11-4-3-10-6-5-7(14)12-8(6)15/h6,10H,3-5H2,1-2H3,(H,11,16)(H,12,14,15). The third-order valence-electron chi connectivity index (χ3n) is 2.17. The lowest BCUT2D eigenvalue weighted by atomic mass is 10.2. The van der Waals surface area contributed by atoms with Crippen LogP contribution < -0.4 is 16.0 Å². The number of hydrogen-bond donors (Lipinski definition) is 3. The maximum Gasteiger partial charge on any atom is 0.316 e. The quantitative estimate of drug-likeness (QED) is 0.393. The summed E-state index contributed by atoms with van der Waals surface area (Å²) >= 11 is 0. The van der Waals surface area contributed by atoms with E-state index in [0.717, 1.165) is 0 Å². The van der Waals surface area contributed by atoms with Crippen LogP contribution in [0.1, 0.15) is 6.42 Å². The lowest BCUT2D eigenvalue weighted by molar-refractivity contribution is -0.125. The average Bonchev–Trinajstić information content (AvgIpc) is 2.51. The number of carbonyl (C=O) groups excluding carboxylic acids is 3. The highest BCUT2D eigenvalue weighted by Crippen LogP contribution is 1.99. The molecule has 7 heteroatoms. The number of carbonyl (C=O) groups is 3. The van der Waals surface area contributed by atoms with Crippen LogP contribution in [0, 0.1) is 0 Å². The highest BCUT2D eigenvalue weighted by atomic mass is 16.2. The molecule has 1 fully saturated rings. The minimum Gasteiger partial charge on any atom is -0.337 e. The summed E-state index contributed by atoms with van der Waals surface area (Å²) in [5, 5.41) is 7.73. The maximum absolute atomic E-state index is 11.1. The molecule has 0 saturated carbocycles. The second-order valence-electron chi connectivity index (χ2n) is 3.75. The molecule has 1 unspecified atom stereocenters. The van der Waals surface area contributed by atoms with Crippen LogP contribution in [0.15, 0.2) is 0 Å². The second kappa shape index (κ2) is 5.45. The second-order valence-corrected chi connectivity index (χ2v) is 3.75. The van der Waals surface area contributed by atoms with Crippen LogP contribution in [0.3, 0.4) is 0 Å². The highest BCUT2D eigenvalue weighted by Gasteiger charge is 2.29. The van der Waals surface area contributed by atoms with Gasteiger partial charge in [-0.3, -0.25) is 14.9 Å². The van der Waals surface area contributed by atoms with E-state index in [4.69, 9.17) is 0 Å². The van der Waals surface area contributed by atoms with Gasteiger partial charge in [-0.25, -0.2) is 4.79 Å². The number of hydrogen-bond acceptors (Lipinski definition) is 4. The third kappa shape index (κ3) is 3.50. The molecule has 0 aromatic carbocycles. The topological polar surface area (TPSA) is 90.5 Å². The molecular weight excluding hydrogens is 212 g/mol. The molecule has 0 bridgehead atoms. The molecule has 0 radical (unpaired) electrons. The van der Waals surface area contributed by atoms with Crippen LogP contribution in [-0.2, 0) is 9.59 Å². The number of nitrogens with zero attached hydrogens (tertiary/aromatic N) is 1. The lowest BCUT2D eigenvalue weighted by Crippen LogP contribution is -2.42. The normalized spacial score (nSPS) is 19.5. The van der Waals surface area contributed by atoms with E-state index in [1.807, 2.05) is 0 Å². The Balaban J connectivity index is 2.14. The third-order valence-corrected chi connectivity index (χ3v) is 2.17. The first-order valence-corrected chi connectivity index (χ1v) is 5.03. The molecule has 0 aromatic rings. The summed E-state index contributed by atoms with van der Waals surface area (Å²) in [7, 11) is 3.29. The predicted molar refractivity (Wildman–Crippen MR) is 56.6 cm³/mol. The maximum atomic E-state index is 11.1. The van der Waals surface area contributed by atoms with Crippen LogP contribution in [0.5, 0.6) is 0 Å². The molecule has 1 aliphatic heterocycles. The van der Waals surface area contributed by atoms with Crippen LogP contribution in [0.25, 0.3) is 0 Å². The average molecular weight is 228 g/mol. The largest absolute Gasteiger partial charge is 0.337 e. The fraction of sp³-hybridized carbons (Fsp3) is 0.667. The molecule has 0 aromatic heterocycles. The van der Waals surface area contributed by atoms with Gasteiger partial charge < -0.3 is 15.5 Å². The van der Waals surface area contributed by atoms with E-state index in [1.165, 1.54) is 4.90 Å². The molecule has 0 aliphatic carbocycles. The summed E-state index contributed by atoms with van der Waals surface area (Å²) in [5.74, 6) is -0.566. The van der Waals surface area contributed by atoms with E-state index in [-0.39, 0.29) is 24.3 Å². The van der Waals surface area contributed by atoms with Gasteiger partial charge in [-0.2, -0.15) is 0 Å². The van der Waals surface area contributed by atoms with Gasteiger partial charge in [0, 0.05) is 27.2 Å². The van der Waals surface area contributed by atoms with Crippen molar-refractivity contribution < 1.29 is 14.4 Å². The number of rotatable bonds is 4. The highest BCUT2D eigenvalue weighted by molar-refractivity contribution is 6.05. The van der Waals surface area contributed by atoms with E-state index in [1.54, 1.807) is 14.1 Å². The Bertz CT molecular complexity index is 303. The monoisotopic (exact) mass is 228 g/mol. The summed E-state index contributed by atoms with van der Waals surface area (Å²) in [5.41, 5.74) is 0. The van der Waals surface area contributed by atoms with Crippen molar-refractivity contribution in [3.63, 3.8) is 0 Å². The van der Waals surface area contributed by atoms with E-state index in [2.05, 4.69) is 16.0 Å². The number of nitrogens with one attached hydrogen (secondary N) is 3. The van der Waals surface area contributed by atoms with Gasteiger partial charge in [0.05, 0.1) is 12.5 Å². The van der Waals surface area contributed by atoms with Gasteiger partial charge >= 0.3 is 6.03 Å². The molecule has 1 saturated heterocycles. The molecule has 1 heterocycles. The Labute approximate surface area is 93.5 Å². The summed E-state index contributed by atoms with van der Waals surface area (Å²) in [6, 6.07) is -0.655.